The van der Waals surface area contributed by atoms with E-state index in [1.165, 1.54) is 5.56 Å². The maximum atomic E-state index is 5.64. The smallest absolute Gasteiger partial charge is 0.0592 e. The van der Waals surface area contributed by atoms with Crippen LogP contribution in [0.3, 0.4) is 0 Å². The molecule has 0 aliphatic heterocycles. The molecule has 0 fully saturated rings. The molecular weight excluding hydrogens is 302 g/mol. The molecule has 2 N–H and O–H groups in total. The molecule has 0 radical (unpaired) electrons. The van der Waals surface area contributed by atoms with Gasteiger partial charge in [0.15, 0.2) is 0 Å². The van der Waals surface area contributed by atoms with Crippen molar-refractivity contribution >= 4 is 21.6 Å². The van der Waals surface area contributed by atoms with Gasteiger partial charge >= 0.3 is 0 Å². The van der Waals surface area contributed by atoms with Crippen molar-refractivity contribution in [2.24, 2.45) is 5.73 Å². The van der Waals surface area contributed by atoms with Gasteiger partial charge in [0.1, 0.15) is 0 Å². The van der Waals surface area contributed by atoms with Crippen LogP contribution in [-0.4, -0.2) is 18.1 Å². The normalized spacial score (nSPS) is 10.4. The second-order valence-corrected chi connectivity index (χ2v) is 5.23. The summed E-state index contributed by atoms with van der Waals surface area (Å²) in [5, 5.41) is 0. The van der Waals surface area contributed by atoms with Crippen LogP contribution in [-0.2, 0) is 6.54 Å². The first kappa shape index (κ1) is 14.0. The summed E-state index contributed by atoms with van der Waals surface area (Å²) in [7, 11) is 0. The highest BCUT2D eigenvalue weighted by Crippen LogP contribution is 2.26. The molecule has 0 bridgehead atoms. The first-order chi connectivity index (χ1) is 9.31. The number of anilines is 1. The molecule has 0 amide bonds. The Morgan fingerprint density at radius 3 is 2.63 bits per heavy atom. The average molecular weight is 320 g/mol. The Hall–Kier alpha value is -1.39. The van der Waals surface area contributed by atoms with Crippen molar-refractivity contribution in [2.75, 3.05) is 18.0 Å². The summed E-state index contributed by atoms with van der Waals surface area (Å²) in [5.74, 6) is 0. The number of benzene rings is 1. The van der Waals surface area contributed by atoms with Gasteiger partial charge in [0.25, 0.3) is 0 Å². The monoisotopic (exact) mass is 319 g/mol. The highest BCUT2D eigenvalue weighted by atomic mass is 79.9. The number of pyridine rings is 1. The minimum Gasteiger partial charge on any atom is -0.366 e. The lowest BCUT2D eigenvalue weighted by atomic mass is 10.2. The van der Waals surface area contributed by atoms with Crippen LogP contribution in [0.2, 0.25) is 0 Å². The fraction of sp³-hybridized carbons (Fsp3) is 0.267. The number of halogens is 1. The van der Waals surface area contributed by atoms with Gasteiger partial charge in [-0.25, -0.2) is 0 Å². The Morgan fingerprint density at radius 1 is 1.16 bits per heavy atom. The Morgan fingerprint density at radius 2 is 1.95 bits per heavy atom. The van der Waals surface area contributed by atoms with E-state index in [-0.39, 0.29) is 0 Å². The quantitative estimate of drug-likeness (QED) is 0.889. The van der Waals surface area contributed by atoms with Gasteiger partial charge in [0.05, 0.1) is 10.2 Å². The molecule has 0 saturated heterocycles. The number of nitrogens with zero attached hydrogens (tertiary/aromatic N) is 2. The maximum absolute atomic E-state index is 5.64. The van der Waals surface area contributed by atoms with Gasteiger partial charge in [-0.15, -0.1) is 0 Å². The predicted octanol–water partition coefficient (Wildman–Crippen LogP) is 3.20. The minimum absolute atomic E-state index is 0.702. The van der Waals surface area contributed by atoms with Gasteiger partial charge in [-0.05, 0) is 40.5 Å². The summed E-state index contributed by atoms with van der Waals surface area (Å²) in [6.45, 7) is 2.52. The molecule has 0 spiro atoms. The van der Waals surface area contributed by atoms with Crippen molar-refractivity contribution in [3.8, 4) is 0 Å². The summed E-state index contributed by atoms with van der Waals surface area (Å²) in [6, 6.07) is 12.5. The Kier molecular flexibility index (Phi) is 5.36. The molecule has 0 aliphatic carbocycles. The van der Waals surface area contributed by atoms with E-state index in [0.717, 1.165) is 29.7 Å². The lowest BCUT2D eigenvalue weighted by molar-refractivity contribution is 0.734. The summed E-state index contributed by atoms with van der Waals surface area (Å²) in [5.41, 5.74) is 8.09. The molecule has 100 valence electrons. The van der Waals surface area contributed by atoms with Crippen molar-refractivity contribution in [2.45, 2.75) is 13.0 Å². The van der Waals surface area contributed by atoms with E-state index in [1.54, 1.807) is 0 Å². The van der Waals surface area contributed by atoms with Gasteiger partial charge in [-0.2, -0.15) is 0 Å². The average Bonchev–Trinajstić information content (AvgIpc) is 2.45. The van der Waals surface area contributed by atoms with Crippen LogP contribution in [0, 0.1) is 0 Å². The van der Waals surface area contributed by atoms with E-state index in [4.69, 9.17) is 5.73 Å². The molecule has 0 saturated carbocycles. The lowest BCUT2D eigenvalue weighted by Crippen LogP contribution is -2.26. The molecule has 3 nitrogen and oxygen atoms in total. The van der Waals surface area contributed by atoms with Crippen LogP contribution in [0.5, 0.6) is 0 Å². The summed E-state index contributed by atoms with van der Waals surface area (Å²) < 4.78 is 1.02. The molecule has 1 aromatic carbocycles. The van der Waals surface area contributed by atoms with E-state index in [1.807, 2.05) is 24.5 Å². The van der Waals surface area contributed by atoms with Gasteiger partial charge in [0, 0.05) is 25.5 Å². The van der Waals surface area contributed by atoms with Crippen LogP contribution < -0.4 is 10.6 Å². The molecule has 2 rings (SSSR count). The predicted molar refractivity (Wildman–Crippen MR) is 83.1 cm³/mol. The van der Waals surface area contributed by atoms with Crippen molar-refractivity contribution in [1.82, 2.24) is 4.98 Å². The second kappa shape index (κ2) is 7.26. The number of hydrogen-bond acceptors (Lipinski definition) is 3. The largest absolute Gasteiger partial charge is 0.366 e. The van der Waals surface area contributed by atoms with E-state index in [0.29, 0.717) is 6.54 Å². The fourth-order valence-corrected chi connectivity index (χ4v) is 2.50. The summed E-state index contributed by atoms with van der Waals surface area (Å²) >= 11 is 3.57. The first-order valence-corrected chi connectivity index (χ1v) is 7.19. The molecule has 4 heteroatoms. The van der Waals surface area contributed by atoms with Crippen LogP contribution >= 0.6 is 15.9 Å². The molecule has 0 unspecified atom stereocenters. The minimum atomic E-state index is 0.702. The molecule has 19 heavy (non-hydrogen) atoms. The lowest BCUT2D eigenvalue weighted by Gasteiger charge is -2.25. The van der Waals surface area contributed by atoms with Crippen molar-refractivity contribution < 1.29 is 0 Å². The second-order valence-electron chi connectivity index (χ2n) is 4.38. The van der Waals surface area contributed by atoms with Crippen molar-refractivity contribution in [3.63, 3.8) is 0 Å². The van der Waals surface area contributed by atoms with Crippen LogP contribution in [0.15, 0.2) is 53.3 Å². The zero-order chi connectivity index (χ0) is 13.5. The number of nitrogens with two attached hydrogens (primary N) is 1. The third kappa shape index (κ3) is 4.04. The third-order valence-electron chi connectivity index (χ3n) is 2.94. The van der Waals surface area contributed by atoms with E-state index >= 15 is 0 Å². The molecular formula is C15H18BrN3. The van der Waals surface area contributed by atoms with E-state index in [2.05, 4.69) is 50.1 Å². The van der Waals surface area contributed by atoms with Gasteiger partial charge in [0.2, 0.25) is 0 Å². The number of rotatable bonds is 6. The Labute approximate surface area is 122 Å². The Balaban J connectivity index is 2.19. The van der Waals surface area contributed by atoms with Crippen LogP contribution in [0.4, 0.5) is 5.69 Å². The standard InChI is InChI=1S/C15H18BrN3/c16-14-11-18-9-7-15(14)19(10-4-8-17)12-13-5-2-1-3-6-13/h1-3,5-7,9,11H,4,8,10,12,17H2. The van der Waals surface area contributed by atoms with Crippen LogP contribution in [0.1, 0.15) is 12.0 Å². The number of aromatic nitrogens is 1. The summed E-state index contributed by atoms with van der Waals surface area (Å²) in [4.78, 5) is 6.44. The molecule has 1 heterocycles. The SMILES string of the molecule is NCCCN(Cc1ccccc1)c1ccncc1Br. The van der Waals surface area contributed by atoms with Crippen molar-refractivity contribution in [3.05, 3.63) is 58.8 Å². The van der Waals surface area contributed by atoms with E-state index < -0.39 is 0 Å². The molecule has 0 atom stereocenters. The number of hydrogen-bond donors (Lipinski definition) is 1. The zero-order valence-corrected chi connectivity index (χ0v) is 12.4. The molecule has 2 aromatic rings. The highest BCUT2D eigenvalue weighted by Gasteiger charge is 2.10. The fourth-order valence-electron chi connectivity index (χ4n) is 1.99. The zero-order valence-electron chi connectivity index (χ0n) is 10.8. The summed E-state index contributed by atoms with van der Waals surface area (Å²) in [6.07, 6.45) is 4.62. The molecule has 1 aromatic heterocycles. The first-order valence-electron chi connectivity index (χ1n) is 6.39. The highest BCUT2D eigenvalue weighted by molar-refractivity contribution is 9.10. The van der Waals surface area contributed by atoms with Crippen LogP contribution in [0.25, 0.3) is 0 Å². The third-order valence-corrected chi connectivity index (χ3v) is 3.55. The van der Waals surface area contributed by atoms with Gasteiger partial charge in [-0.3, -0.25) is 4.98 Å². The topological polar surface area (TPSA) is 42.1 Å². The maximum Gasteiger partial charge on any atom is 0.0592 e. The molecule has 0 aliphatic rings. The van der Waals surface area contributed by atoms with Gasteiger partial charge in [-0.1, -0.05) is 30.3 Å². The van der Waals surface area contributed by atoms with Crippen molar-refractivity contribution in [1.29, 1.82) is 0 Å². The Bertz CT molecular complexity index is 502. The van der Waals surface area contributed by atoms with Gasteiger partial charge < -0.3 is 10.6 Å². The van der Waals surface area contributed by atoms with E-state index in [9.17, 15) is 0 Å².